The second-order valence-electron chi connectivity index (χ2n) is 4.51. The lowest BCUT2D eigenvalue weighted by molar-refractivity contribution is 0.319. The molecule has 0 aliphatic heterocycles. The maximum atomic E-state index is 11.8. The molecule has 0 atom stereocenters. The van der Waals surface area contributed by atoms with E-state index in [0.29, 0.717) is 11.6 Å². The molecule has 0 fully saturated rings. The number of hydrogen-bond donors (Lipinski definition) is 2. The number of aliphatic hydroxyl groups excluding tert-OH is 1. The van der Waals surface area contributed by atoms with Crippen LogP contribution < -0.4 is 5.32 Å². The van der Waals surface area contributed by atoms with Crippen LogP contribution in [0.4, 0.5) is 5.69 Å². The topological polar surface area (TPSA) is 66.4 Å². The molecule has 2 rings (SSSR count). The molecule has 112 valence electrons. The van der Waals surface area contributed by atoms with Crippen LogP contribution in [0.1, 0.15) is 5.56 Å². The first-order valence-electron chi connectivity index (χ1n) is 6.44. The van der Waals surface area contributed by atoms with E-state index in [4.69, 9.17) is 16.7 Å². The first-order valence-corrected chi connectivity index (χ1v) is 8.47. The lowest BCUT2D eigenvalue weighted by Gasteiger charge is -2.09. The van der Waals surface area contributed by atoms with Gasteiger partial charge in [-0.05, 0) is 35.9 Å². The van der Waals surface area contributed by atoms with Crippen LogP contribution in [0.25, 0.3) is 0 Å². The molecular formula is C15H16ClNO3S. The first-order chi connectivity index (χ1) is 10.0. The Labute approximate surface area is 129 Å². The maximum absolute atomic E-state index is 11.8. The Morgan fingerprint density at radius 2 is 1.71 bits per heavy atom. The third-order valence-electron chi connectivity index (χ3n) is 3.01. The molecule has 0 saturated heterocycles. The molecule has 0 aromatic heterocycles. The number of nitrogens with one attached hydrogen (secondary N) is 1. The van der Waals surface area contributed by atoms with Crippen molar-refractivity contribution in [3.05, 3.63) is 59.1 Å². The number of anilines is 1. The predicted octanol–water partition coefficient (Wildman–Crippen LogP) is 2.72. The average Bonchev–Trinajstić information content (AvgIpc) is 2.47. The van der Waals surface area contributed by atoms with Crippen LogP contribution in [0.3, 0.4) is 0 Å². The second-order valence-corrected chi connectivity index (χ2v) is 7.03. The van der Waals surface area contributed by atoms with Crippen molar-refractivity contribution < 1.29 is 13.5 Å². The van der Waals surface area contributed by atoms with E-state index in [2.05, 4.69) is 5.32 Å². The lowest BCUT2D eigenvalue weighted by atomic mass is 10.2. The highest BCUT2D eigenvalue weighted by Crippen LogP contribution is 2.19. The summed E-state index contributed by atoms with van der Waals surface area (Å²) < 4.78 is 23.5. The molecule has 0 heterocycles. The van der Waals surface area contributed by atoms with Gasteiger partial charge in [0.2, 0.25) is 0 Å². The molecule has 0 saturated carbocycles. The lowest BCUT2D eigenvalue weighted by Crippen LogP contribution is -2.10. The summed E-state index contributed by atoms with van der Waals surface area (Å²) in [6.07, 6.45) is 0. The van der Waals surface area contributed by atoms with Crippen LogP contribution in [-0.2, 0) is 16.4 Å². The molecule has 0 aliphatic carbocycles. The van der Waals surface area contributed by atoms with Crippen LogP contribution >= 0.6 is 11.6 Å². The van der Waals surface area contributed by atoms with Crippen LogP contribution in [0.15, 0.2) is 53.4 Å². The fraction of sp³-hybridized carbons (Fsp3) is 0.200. The fourth-order valence-electron chi connectivity index (χ4n) is 1.86. The minimum Gasteiger partial charge on any atom is -0.395 e. The molecule has 2 aromatic carbocycles. The van der Waals surface area contributed by atoms with Crippen molar-refractivity contribution in [2.45, 2.75) is 11.4 Å². The molecule has 0 spiro atoms. The molecule has 0 unspecified atom stereocenters. The molecule has 0 amide bonds. The summed E-state index contributed by atoms with van der Waals surface area (Å²) in [6, 6.07) is 14.0. The average molecular weight is 326 g/mol. The predicted molar refractivity (Wildman–Crippen MR) is 84.4 cm³/mol. The number of benzene rings is 2. The Hall–Kier alpha value is -1.56. The Bertz CT molecular complexity index is 699. The van der Waals surface area contributed by atoms with Crippen LogP contribution in [0.5, 0.6) is 0 Å². The van der Waals surface area contributed by atoms with E-state index in [9.17, 15) is 8.42 Å². The quantitative estimate of drug-likeness (QED) is 0.857. The minimum absolute atomic E-state index is 0.208. The minimum atomic E-state index is -3.40. The third kappa shape index (κ3) is 4.20. The van der Waals surface area contributed by atoms with Crippen molar-refractivity contribution in [3.8, 4) is 0 Å². The molecule has 0 aliphatic rings. The fourth-order valence-corrected chi connectivity index (χ4v) is 3.09. The van der Waals surface area contributed by atoms with Gasteiger partial charge in [0.15, 0.2) is 9.84 Å². The van der Waals surface area contributed by atoms with Crippen molar-refractivity contribution >= 4 is 27.1 Å². The number of aliphatic hydroxyl groups is 1. The van der Waals surface area contributed by atoms with Gasteiger partial charge in [0.25, 0.3) is 0 Å². The highest BCUT2D eigenvalue weighted by Gasteiger charge is 2.13. The highest BCUT2D eigenvalue weighted by molar-refractivity contribution is 7.91. The molecule has 6 heteroatoms. The Morgan fingerprint density at radius 1 is 1.05 bits per heavy atom. The van der Waals surface area contributed by atoms with E-state index >= 15 is 0 Å². The van der Waals surface area contributed by atoms with Crippen molar-refractivity contribution in [1.82, 2.24) is 0 Å². The molecule has 21 heavy (non-hydrogen) atoms. The largest absolute Gasteiger partial charge is 0.395 e. The first kappa shape index (κ1) is 15.8. The number of halogens is 1. The van der Waals surface area contributed by atoms with Gasteiger partial charge in [0.1, 0.15) is 0 Å². The van der Waals surface area contributed by atoms with Gasteiger partial charge < -0.3 is 10.4 Å². The van der Waals surface area contributed by atoms with Crippen LogP contribution in [0.2, 0.25) is 5.02 Å². The Morgan fingerprint density at radius 3 is 2.33 bits per heavy atom. The van der Waals surface area contributed by atoms with Gasteiger partial charge in [0, 0.05) is 17.3 Å². The summed E-state index contributed by atoms with van der Waals surface area (Å²) in [5, 5.41) is 12.6. The Balaban J connectivity index is 2.05. The smallest absolute Gasteiger partial charge is 0.180 e. The highest BCUT2D eigenvalue weighted by atomic mass is 35.5. The normalized spacial score (nSPS) is 11.3. The standard InChI is InChI=1S/C15H16ClNO3S/c16-15-4-2-1-3-12(15)11-17-13-5-7-14(8-6-13)21(19,20)10-9-18/h1-8,17-18H,9-11H2. The summed E-state index contributed by atoms with van der Waals surface area (Å²) >= 11 is 6.07. The molecule has 0 radical (unpaired) electrons. The molecular weight excluding hydrogens is 310 g/mol. The zero-order chi connectivity index (χ0) is 15.3. The van der Waals surface area contributed by atoms with Crippen molar-refractivity contribution in [2.75, 3.05) is 17.7 Å². The number of hydrogen-bond acceptors (Lipinski definition) is 4. The van der Waals surface area contributed by atoms with E-state index in [-0.39, 0.29) is 17.3 Å². The van der Waals surface area contributed by atoms with Gasteiger partial charge in [-0.15, -0.1) is 0 Å². The van der Waals surface area contributed by atoms with Crippen molar-refractivity contribution in [2.24, 2.45) is 0 Å². The van der Waals surface area contributed by atoms with Gasteiger partial charge in [0.05, 0.1) is 17.3 Å². The van der Waals surface area contributed by atoms with Gasteiger partial charge in [-0.25, -0.2) is 8.42 Å². The van der Waals surface area contributed by atoms with E-state index in [1.165, 1.54) is 12.1 Å². The molecule has 4 nitrogen and oxygen atoms in total. The zero-order valence-electron chi connectivity index (χ0n) is 11.3. The van der Waals surface area contributed by atoms with Crippen molar-refractivity contribution in [1.29, 1.82) is 0 Å². The van der Waals surface area contributed by atoms with E-state index < -0.39 is 9.84 Å². The maximum Gasteiger partial charge on any atom is 0.180 e. The number of sulfone groups is 1. The van der Waals surface area contributed by atoms with Crippen molar-refractivity contribution in [3.63, 3.8) is 0 Å². The van der Waals surface area contributed by atoms with Gasteiger partial charge in [-0.1, -0.05) is 29.8 Å². The summed E-state index contributed by atoms with van der Waals surface area (Å²) in [7, 11) is -3.40. The molecule has 2 N–H and O–H groups in total. The summed E-state index contributed by atoms with van der Waals surface area (Å²) in [5.74, 6) is -0.264. The van der Waals surface area contributed by atoms with Gasteiger partial charge in [-0.3, -0.25) is 0 Å². The van der Waals surface area contributed by atoms with E-state index in [1.807, 2.05) is 24.3 Å². The van der Waals surface area contributed by atoms with E-state index in [1.54, 1.807) is 12.1 Å². The second kappa shape index (κ2) is 6.93. The van der Waals surface area contributed by atoms with Gasteiger partial charge >= 0.3 is 0 Å². The van der Waals surface area contributed by atoms with Crippen LogP contribution in [0, 0.1) is 0 Å². The monoisotopic (exact) mass is 325 g/mol. The Kier molecular flexibility index (Phi) is 5.22. The summed E-state index contributed by atoms with van der Waals surface area (Å²) in [5.41, 5.74) is 1.77. The third-order valence-corrected chi connectivity index (χ3v) is 5.09. The number of rotatable bonds is 6. The molecule has 0 bridgehead atoms. The summed E-state index contributed by atoms with van der Waals surface area (Å²) in [6.45, 7) is 0.178. The zero-order valence-corrected chi connectivity index (χ0v) is 12.9. The SMILES string of the molecule is O=S(=O)(CCO)c1ccc(NCc2ccccc2Cl)cc1. The van der Waals surface area contributed by atoms with E-state index in [0.717, 1.165) is 11.3 Å². The molecule has 2 aromatic rings. The van der Waals surface area contributed by atoms with Gasteiger partial charge in [-0.2, -0.15) is 0 Å². The summed E-state index contributed by atoms with van der Waals surface area (Å²) in [4.78, 5) is 0.208. The van der Waals surface area contributed by atoms with Crippen LogP contribution in [-0.4, -0.2) is 25.9 Å².